The van der Waals surface area contributed by atoms with Gasteiger partial charge in [-0.3, -0.25) is 4.98 Å². The molecule has 17 heavy (non-hydrogen) atoms. The Morgan fingerprint density at radius 3 is 2.35 bits per heavy atom. The van der Waals surface area contributed by atoms with E-state index in [9.17, 15) is 0 Å². The van der Waals surface area contributed by atoms with Crippen LogP contribution in [0.5, 0.6) is 0 Å². The van der Waals surface area contributed by atoms with E-state index in [1.165, 1.54) is 31.4 Å². The lowest BCUT2D eigenvalue weighted by Crippen LogP contribution is -2.26. The van der Waals surface area contributed by atoms with Gasteiger partial charge in [-0.1, -0.05) is 26.7 Å². The van der Waals surface area contributed by atoms with Crippen LogP contribution < -0.4 is 4.90 Å². The first kappa shape index (κ1) is 14.3. The third-order valence-electron chi connectivity index (χ3n) is 2.93. The van der Waals surface area contributed by atoms with Crippen LogP contribution in [-0.4, -0.2) is 18.1 Å². The SMILES string of the molecule is CCCCN(CCCC)c1ccncc1CCl. The quantitative estimate of drug-likeness (QED) is 0.646. The first-order valence-corrected chi connectivity index (χ1v) is 7.10. The number of rotatable bonds is 8. The number of pyridine rings is 1. The normalized spacial score (nSPS) is 10.5. The molecule has 0 radical (unpaired) electrons. The van der Waals surface area contributed by atoms with Crippen LogP contribution in [-0.2, 0) is 5.88 Å². The minimum atomic E-state index is 0.540. The van der Waals surface area contributed by atoms with Gasteiger partial charge in [0.25, 0.3) is 0 Å². The fourth-order valence-corrected chi connectivity index (χ4v) is 2.09. The summed E-state index contributed by atoms with van der Waals surface area (Å²) in [5.74, 6) is 0.540. The molecular formula is C14H23ClN2. The highest BCUT2D eigenvalue weighted by atomic mass is 35.5. The predicted molar refractivity (Wildman–Crippen MR) is 75.8 cm³/mol. The van der Waals surface area contributed by atoms with E-state index in [4.69, 9.17) is 11.6 Å². The van der Waals surface area contributed by atoms with Crippen LogP contribution in [0.3, 0.4) is 0 Å². The molecule has 96 valence electrons. The molecule has 1 aromatic rings. The van der Waals surface area contributed by atoms with Crippen molar-refractivity contribution in [3.63, 3.8) is 0 Å². The number of alkyl halides is 1. The molecule has 0 aliphatic carbocycles. The van der Waals surface area contributed by atoms with Crippen molar-refractivity contribution in [1.29, 1.82) is 0 Å². The third-order valence-corrected chi connectivity index (χ3v) is 3.21. The summed E-state index contributed by atoms with van der Waals surface area (Å²) in [6.45, 7) is 6.69. The minimum absolute atomic E-state index is 0.540. The molecule has 0 aliphatic rings. The maximum Gasteiger partial charge on any atom is 0.0509 e. The van der Waals surface area contributed by atoms with Gasteiger partial charge in [0.2, 0.25) is 0 Å². The maximum atomic E-state index is 5.98. The van der Waals surface area contributed by atoms with E-state index in [0.717, 1.165) is 18.7 Å². The highest BCUT2D eigenvalue weighted by Gasteiger charge is 2.09. The standard InChI is InChI=1S/C14H23ClN2/c1-3-5-9-17(10-6-4-2)14-7-8-16-12-13(14)11-15/h7-8,12H,3-6,9-11H2,1-2H3. The molecule has 2 nitrogen and oxygen atoms in total. The summed E-state index contributed by atoms with van der Waals surface area (Å²) in [6, 6.07) is 2.09. The van der Waals surface area contributed by atoms with Gasteiger partial charge in [-0.2, -0.15) is 0 Å². The van der Waals surface area contributed by atoms with Gasteiger partial charge in [-0.15, -0.1) is 11.6 Å². The van der Waals surface area contributed by atoms with E-state index < -0.39 is 0 Å². The lowest BCUT2D eigenvalue weighted by Gasteiger charge is -2.26. The molecule has 0 N–H and O–H groups in total. The molecule has 0 saturated carbocycles. The van der Waals surface area contributed by atoms with E-state index >= 15 is 0 Å². The fourth-order valence-electron chi connectivity index (χ4n) is 1.88. The van der Waals surface area contributed by atoms with Crippen molar-refractivity contribution < 1.29 is 0 Å². The number of anilines is 1. The first-order valence-electron chi connectivity index (χ1n) is 6.57. The Bertz CT molecular complexity index is 307. The Hall–Kier alpha value is -0.760. The Balaban J connectivity index is 2.78. The Morgan fingerprint density at radius 1 is 1.18 bits per heavy atom. The Kier molecular flexibility index (Phi) is 7.02. The fraction of sp³-hybridized carbons (Fsp3) is 0.643. The van der Waals surface area contributed by atoms with E-state index in [-0.39, 0.29) is 0 Å². The van der Waals surface area contributed by atoms with E-state index in [1.807, 2.05) is 12.4 Å². The minimum Gasteiger partial charge on any atom is -0.371 e. The monoisotopic (exact) mass is 254 g/mol. The van der Waals surface area contributed by atoms with Crippen molar-refractivity contribution in [2.45, 2.75) is 45.4 Å². The lowest BCUT2D eigenvalue weighted by atomic mass is 10.2. The number of aromatic nitrogens is 1. The summed E-state index contributed by atoms with van der Waals surface area (Å²) in [5, 5.41) is 0. The molecule has 3 heteroatoms. The van der Waals surface area contributed by atoms with Crippen molar-refractivity contribution in [2.24, 2.45) is 0 Å². The number of halogens is 1. The van der Waals surface area contributed by atoms with E-state index in [2.05, 4.69) is 29.8 Å². The van der Waals surface area contributed by atoms with Crippen molar-refractivity contribution in [3.8, 4) is 0 Å². The van der Waals surface area contributed by atoms with Crippen LogP contribution >= 0.6 is 11.6 Å². The van der Waals surface area contributed by atoms with Crippen LogP contribution in [0.15, 0.2) is 18.5 Å². The van der Waals surface area contributed by atoms with E-state index in [0.29, 0.717) is 5.88 Å². The summed E-state index contributed by atoms with van der Waals surface area (Å²) in [4.78, 5) is 6.60. The number of nitrogens with zero attached hydrogens (tertiary/aromatic N) is 2. The lowest BCUT2D eigenvalue weighted by molar-refractivity contribution is 0.676. The zero-order chi connectivity index (χ0) is 12.5. The molecule has 1 rings (SSSR count). The van der Waals surface area contributed by atoms with Gasteiger partial charge in [0.15, 0.2) is 0 Å². The smallest absolute Gasteiger partial charge is 0.0509 e. The molecule has 0 saturated heterocycles. The number of hydrogen-bond donors (Lipinski definition) is 0. The van der Waals surface area contributed by atoms with Gasteiger partial charge in [0.05, 0.1) is 5.88 Å². The molecule has 0 spiro atoms. The zero-order valence-electron chi connectivity index (χ0n) is 11.0. The summed E-state index contributed by atoms with van der Waals surface area (Å²) in [6.07, 6.45) is 8.65. The molecule has 0 aromatic carbocycles. The van der Waals surface area contributed by atoms with Crippen LogP contribution in [0.25, 0.3) is 0 Å². The van der Waals surface area contributed by atoms with Crippen LogP contribution in [0, 0.1) is 0 Å². The average Bonchev–Trinajstić information content (AvgIpc) is 2.39. The van der Waals surface area contributed by atoms with Gasteiger partial charge >= 0.3 is 0 Å². The summed E-state index contributed by atoms with van der Waals surface area (Å²) < 4.78 is 0. The van der Waals surface area contributed by atoms with Gasteiger partial charge in [0, 0.05) is 36.7 Å². The van der Waals surface area contributed by atoms with Crippen molar-refractivity contribution in [1.82, 2.24) is 4.98 Å². The Labute approximate surface area is 110 Å². The number of unbranched alkanes of at least 4 members (excludes halogenated alkanes) is 2. The largest absolute Gasteiger partial charge is 0.371 e. The van der Waals surface area contributed by atoms with Gasteiger partial charge in [-0.25, -0.2) is 0 Å². The number of hydrogen-bond acceptors (Lipinski definition) is 2. The first-order chi connectivity index (χ1) is 8.33. The average molecular weight is 255 g/mol. The molecule has 0 aliphatic heterocycles. The van der Waals surface area contributed by atoms with Crippen molar-refractivity contribution in [3.05, 3.63) is 24.0 Å². The van der Waals surface area contributed by atoms with E-state index in [1.54, 1.807) is 0 Å². The van der Waals surface area contributed by atoms with Gasteiger partial charge < -0.3 is 4.90 Å². The Morgan fingerprint density at radius 2 is 1.82 bits per heavy atom. The highest BCUT2D eigenvalue weighted by Crippen LogP contribution is 2.22. The maximum absolute atomic E-state index is 5.98. The molecular weight excluding hydrogens is 232 g/mol. The molecule has 1 heterocycles. The van der Waals surface area contributed by atoms with Crippen LogP contribution in [0.4, 0.5) is 5.69 Å². The summed E-state index contributed by atoms with van der Waals surface area (Å²) in [7, 11) is 0. The molecule has 1 aromatic heterocycles. The van der Waals surface area contributed by atoms with Crippen LogP contribution in [0.1, 0.15) is 45.1 Å². The second-order valence-corrected chi connectivity index (χ2v) is 4.60. The zero-order valence-corrected chi connectivity index (χ0v) is 11.7. The molecule has 0 atom stereocenters. The second kappa shape index (κ2) is 8.35. The third kappa shape index (κ3) is 4.55. The predicted octanol–water partition coefficient (Wildman–Crippen LogP) is 4.23. The van der Waals surface area contributed by atoms with Crippen LogP contribution in [0.2, 0.25) is 0 Å². The van der Waals surface area contributed by atoms with Crippen molar-refractivity contribution in [2.75, 3.05) is 18.0 Å². The summed E-state index contributed by atoms with van der Waals surface area (Å²) >= 11 is 5.98. The molecule has 0 bridgehead atoms. The second-order valence-electron chi connectivity index (χ2n) is 4.33. The van der Waals surface area contributed by atoms with Crippen molar-refractivity contribution >= 4 is 17.3 Å². The topological polar surface area (TPSA) is 16.1 Å². The summed E-state index contributed by atoms with van der Waals surface area (Å²) in [5.41, 5.74) is 2.40. The van der Waals surface area contributed by atoms with Gasteiger partial charge in [0.1, 0.15) is 0 Å². The molecule has 0 fully saturated rings. The molecule has 0 amide bonds. The highest BCUT2D eigenvalue weighted by molar-refractivity contribution is 6.17. The van der Waals surface area contributed by atoms with Gasteiger partial charge in [-0.05, 0) is 18.9 Å². The molecule has 0 unspecified atom stereocenters.